The third-order valence-electron chi connectivity index (χ3n) is 3.98. The van der Waals surface area contributed by atoms with Crippen LogP contribution in [0.3, 0.4) is 0 Å². The van der Waals surface area contributed by atoms with Crippen molar-refractivity contribution in [2.24, 2.45) is 0 Å². The van der Waals surface area contributed by atoms with Gasteiger partial charge >= 0.3 is 0 Å². The van der Waals surface area contributed by atoms with Crippen LogP contribution in [0.4, 0.5) is 10.1 Å². The molecule has 1 N–H and O–H groups in total. The Balaban J connectivity index is 1.74. The Bertz CT molecular complexity index is 974. The monoisotopic (exact) mass is 400 g/mol. The molecule has 0 spiro atoms. The molecule has 8 heteroatoms. The molecule has 1 heterocycles. The number of ether oxygens (including phenoxy) is 1. The number of methoxy groups -OCH3 is 1. The Hall–Kier alpha value is -2.87. The number of carbonyl (C=O) groups is 1. The summed E-state index contributed by atoms with van der Waals surface area (Å²) in [7, 11) is 1.57. The van der Waals surface area contributed by atoms with Gasteiger partial charge in [-0.15, -0.1) is 10.2 Å². The number of rotatable bonds is 7. The summed E-state index contributed by atoms with van der Waals surface area (Å²) in [5.41, 5.74) is 1.04. The molecule has 1 amide bonds. The van der Waals surface area contributed by atoms with Gasteiger partial charge in [0.1, 0.15) is 11.6 Å². The fourth-order valence-electron chi connectivity index (χ4n) is 2.70. The molecule has 6 nitrogen and oxygen atoms in total. The molecule has 0 unspecified atom stereocenters. The van der Waals surface area contributed by atoms with Gasteiger partial charge in [0.05, 0.1) is 18.4 Å². The lowest BCUT2D eigenvalue weighted by molar-refractivity contribution is -0.113. The smallest absolute Gasteiger partial charge is 0.234 e. The lowest BCUT2D eigenvalue weighted by atomic mass is 10.2. The standard InChI is InChI=1S/C20H21FN4O2S/c1-13(2)25-19(16-9-4-5-10-17(16)21)23-24-20(25)28-12-18(26)22-14-7-6-8-15(11-14)27-3/h4-11,13H,12H2,1-3H3,(H,22,26). The minimum atomic E-state index is -0.357. The molecule has 146 valence electrons. The molecule has 0 fully saturated rings. The number of benzene rings is 2. The maximum atomic E-state index is 14.2. The molecule has 0 radical (unpaired) electrons. The second-order valence-electron chi connectivity index (χ2n) is 6.32. The number of halogens is 1. The molecular weight excluding hydrogens is 379 g/mol. The van der Waals surface area contributed by atoms with E-state index in [9.17, 15) is 9.18 Å². The van der Waals surface area contributed by atoms with Gasteiger partial charge in [0.15, 0.2) is 11.0 Å². The normalized spacial score (nSPS) is 10.9. The molecule has 3 aromatic rings. The van der Waals surface area contributed by atoms with Gasteiger partial charge in [-0.05, 0) is 38.1 Å². The van der Waals surface area contributed by atoms with Gasteiger partial charge in [0.25, 0.3) is 0 Å². The topological polar surface area (TPSA) is 69.0 Å². The molecule has 0 bridgehead atoms. The summed E-state index contributed by atoms with van der Waals surface area (Å²) in [4.78, 5) is 12.3. The lowest BCUT2D eigenvalue weighted by Gasteiger charge is -2.14. The van der Waals surface area contributed by atoms with Crippen LogP contribution in [0, 0.1) is 5.82 Å². The van der Waals surface area contributed by atoms with Crippen molar-refractivity contribution in [3.63, 3.8) is 0 Å². The van der Waals surface area contributed by atoms with Crippen LogP contribution in [0.5, 0.6) is 5.75 Å². The van der Waals surface area contributed by atoms with Crippen LogP contribution in [0.2, 0.25) is 0 Å². The third-order valence-corrected chi connectivity index (χ3v) is 4.92. The van der Waals surface area contributed by atoms with Crippen molar-refractivity contribution in [2.45, 2.75) is 25.0 Å². The first-order chi connectivity index (χ1) is 13.5. The maximum absolute atomic E-state index is 14.2. The van der Waals surface area contributed by atoms with Gasteiger partial charge in [0, 0.05) is 17.8 Å². The molecule has 0 saturated carbocycles. The Kier molecular flexibility index (Phi) is 6.30. The average Bonchev–Trinajstić information content (AvgIpc) is 3.11. The Morgan fingerprint density at radius 1 is 1.21 bits per heavy atom. The van der Waals surface area contributed by atoms with E-state index in [1.165, 1.54) is 17.8 Å². The van der Waals surface area contributed by atoms with Gasteiger partial charge in [-0.3, -0.25) is 9.36 Å². The summed E-state index contributed by atoms with van der Waals surface area (Å²) in [6.07, 6.45) is 0. The summed E-state index contributed by atoms with van der Waals surface area (Å²) in [6, 6.07) is 13.6. The number of aromatic nitrogens is 3. The Morgan fingerprint density at radius 3 is 2.71 bits per heavy atom. The molecule has 0 aliphatic rings. The highest BCUT2D eigenvalue weighted by molar-refractivity contribution is 7.99. The van der Waals surface area contributed by atoms with Crippen LogP contribution in [-0.2, 0) is 4.79 Å². The van der Waals surface area contributed by atoms with Gasteiger partial charge < -0.3 is 10.1 Å². The number of anilines is 1. The molecular formula is C20H21FN4O2S. The predicted octanol–water partition coefficient (Wildman–Crippen LogP) is 4.40. The van der Waals surface area contributed by atoms with E-state index in [1.807, 2.05) is 18.4 Å². The zero-order chi connectivity index (χ0) is 20.1. The van der Waals surface area contributed by atoms with Crippen molar-refractivity contribution < 1.29 is 13.9 Å². The Labute approximate surface area is 167 Å². The lowest BCUT2D eigenvalue weighted by Crippen LogP contribution is -2.15. The molecule has 2 aromatic carbocycles. The average molecular weight is 400 g/mol. The second kappa shape index (κ2) is 8.88. The van der Waals surface area contributed by atoms with Gasteiger partial charge in [-0.2, -0.15) is 0 Å². The van der Waals surface area contributed by atoms with Crippen LogP contribution < -0.4 is 10.1 Å². The van der Waals surface area contributed by atoms with E-state index >= 15 is 0 Å². The van der Waals surface area contributed by atoms with E-state index in [-0.39, 0.29) is 23.5 Å². The van der Waals surface area contributed by atoms with Crippen molar-refractivity contribution in [2.75, 3.05) is 18.2 Å². The summed E-state index contributed by atoms with van der Waals surface area (Å²) in [5.74, 6) is 0.732. The minimum Gasteiger partial charge on any atom is -0.497 e. The highest BCUT2D eigenvalue weighted by atomic mass is 32.2. The summed E-state index contributed by atoms with van der Waals surface area (Å²) in [6.45, 7) is 3.93. The molecule has 0 aliphatic heterocycles. The fourth-order valence-corrected chi connectivity index (χ4v) is 3.56. The van der Waals surface area contributed by atoms with Gasteiger partial charge in [-0.25, -0.2) is 4.39 Å². The SMILES string of the molecule is COc1cccc(NC(=O)CSc2nnc(-c3ccccc3F)n2C(C)C)c1. The van der Waals surface area contributed by atoms with Crippen LogP contribution >= 0.6 is 11.8 Å². The first kappa shape index (κ1) is 19.9. The van der Waals surface area contributed by atoms with Crippen molar-refractivity contribution >= 4 is 23.4 Å². The molecule has 28 heavy (non-hydrogen) atoms. The van der Waals surface area contributed by atoms with Crippen LogP contribution in [0.1, 0.15) is 19.9 Å². The van der Waals surface area contributed by atoms with Crippen LogP contribution in [0.15, 0.2) is 53.7 Å². The fraction of sp³-hybridized carbons (Fsp3) is 0.250. The van der Waals surface area contributed by atoms with Crippen molar-refractivity contribution in [1.82, 2.24) is 14.8 Å². The number of nitrogens with one attached hydrogen (secondary N) is 1. The minimum absolute atomic E-state index is 0.00792. The highest BCUT2D eigenvalue weighted by Gasteiger charge is 2.19. The van der Waals surface area contributed by atoms with E-state index in [0.717, 1.165) is 0 Å². The largest absolute Gasteiger partial charge is 0.497 e. The molecule has 0 atom stereocenters. The molecule has 0 saturated heterocycles. The summed E-state index contributed by atoms with van der Waals surface area (Å²) < 4.78 is 21.2. The van der Waals surface area contributed by atoms with Crippen molar-refractivity contribution in [3.05, 3.63) is 54.3 Å². The van der Waals surface area contributed by atoms with E-state index < -0.39 is 0 Å². The van der Waals surface area contributed by atoms with E-state index in [0.29, 0.717) is 28.0 Å². The predicted molar refractivity (Wildman–Crippen MR) is 108 cm³/mol. The molecule has 3 rings (SSSR count). The van der Waals surface area contributed by atoms with Crippen LogP contribution in [-0.4, -0.2) is 33.5 Å². The number of thioether (sulfide) groups is 1. The second-order valence-corrected chi connectivity index (χ2v) is 7.26. The van der Waals surface area contributed by atoms with E-state index in [1.54, 1.807) is 49.6 Å². The van der Waals surface area contributed by atoms with Crippen LogP contribution in [0.25, 0.3) is 11.4 Å². The Morgan fingerprint density at radius 2 is 2.00 bits per heavy atom. The van der Waals surface area contributed by atoms with Crippen molar-refractivity contribution in [1.29, 1.82) is 0 Å². The van der Waals surface area contributed by atoms with E-state index in [4.69, 9.17) is 4.74 Å². The number of amides is 1. The van der Waals surface area contributed by atoms with Gasteiger partial charge in [-0.1, -0.05) is 30.0 Å². The van der Waals surface area contributed by atoms with Crippen molar-refractivity contribution in [3.8, 4) is 17.1 Å². The summed E-state index contributed by atoms with van der Waals surface area (Å²) >= 11 is 1.26. The molecule has 0 aliphatic carbocycles. The highest BCUT2D eigenvalue weighted by Crippen LogP contribution is 2.29. The molecule has 1 aromatic heterocycles. The quantitative estimate of drug-likeness (QED) is 0.595. The first-order valence-corrected chi connectivity index (χ1v) is 9.74. The maximum Gasteiger partial charge on any atom is 0.234 e. The number of hydrogen-bond donors (Lipinski definition) is 1. The van der Waals surface area contributed by atoms with Gasteiger partial charge in [0.2, 0.25) is 5.91 Å². The number of hydrogen-bond acceptors (Lipinski definition) is 5. The zero-order valence-corrected chi connectivity index (χ0v) is 16.7. The summed E-state index contributed by atoms with van der Waals surface area (Å²) in [5, 5.41) is 11.7. The third kappa shape index (κ3) is 4.51. The number of nitrogens with zero attached hydrogens (tertiary/aromatic N) is 3. The number of carbonyl (C=O) groups excluding carboxylic acids is 1. The van der Waals surface area contributed by atoms with E-state index in [2.05, 4.69) is 15.5 Å². The first-order valence-electron chi connectivity index (χ1n) is 8.76. The zero-order valence-electron chi connectivity index (χ0n) is 15.8.